The summed E-state index contributed by atoms with van der Waals surface area (Å²) in [5.74, 6) is 2.85. The van der Waals surface area contributed by atoms with Crippen molar-refractivity contribution in [3.8, 4) is 5.75 Å². The quantitative estimate of drug-likeness (QED) is 0.942. The van der Waals surface area contributed by atoms with Crippen molar-refractivity contribution < 1.29 is 4.74 Å². The second-order valence-electron chi connectivity index (χ2n) is 7.39. The molecule has 23 heavy (non-hydrogen) atoms. The number of benzene rings is 1. The largest absolute Gasteiger partial charge is 0.487 e. The van der Waals surface area contributed by atoms with Gasteiger partial charge in [0.15, 0.2) is 0 Å². The van der Waals surface area contributed by atoms with Gasteiger partial charge < -0.3 is 14.6 Å². The highest BCUT2D eigenvalue weighted by Crippen LogP contribution is 2.37. The lowest BCUT2D eigenvalue weighted by Crippen LogP contribution is -2.27. The molecule has 0 spiro atoms. The second kappa shape index (κ2) is 5.68. The predicted octanol–water partition coefficient (Wildman–Crippen LogP) is 3.26. The molecular formula is C19H25N3O. The maximum Gasteiger partial charge on any atom is 0.127 e. The van der Waals surface area contributed by atoms with Gasteiger partial charge in [0.25, 0.3) is 0 Å². The maximum atomic E-state index is 6.16. The van der Waals surface area contributed by atoms with Gasteiger partial charge in [0, 0.05) is 49.9 Å². The van der Waals surface area contributed by atoms with E-state index in [4.69, 9.17) is 4.74 Å². The highest BCUT2D eigenvalue weighted by Gasteiger charge is 2.31. The molecule has 0 amide bonds. The molecule has 1 atom stereocenters. The van der Waals surface area contributed by atoms with Crippen LogP contribution in [0, 0.1) is 0 Å². The zero-order valence-corrected chi connectivity index (χ0v) is 14.0. The SMILES string of the molecule is CC1(C)Cc2cccc(CNC[C@H]3CCCn4ccnc43)c2O1. The minimum absolute atomic E-state index is 0.0768. The average molecular weight is 311 g/mol. The number of hydrogen-bond donors (Lipinski definition) is 1. The molecule has 0 unspecified atom stereocenters. The van der Waals surface area contributed by atoms with E-state index in [2.05, 4.69) is 53.1 Å². The number of imidazole rings is 1. The van der Waals surface area contributed by atoms with Crippen molar-refractivity contribution in [3.63, 3.8) is 0 Å². The molecule has 1 aromatic heterocycles. The first-order chi connectivity index (χ1) is 11.1. The molecule has 122 valence electrons. The van der Waals surface area contributed by atoms with E-state index in [-0.39, 0.29) is 5.60 Å². The molecule has 0 fully saturated rings. The molecule has 0 aliphatic carbocycles. The average Bonchev–Trinajstić information content (AvgIpc) is 3.10. The zero-order valence-electron chi connectivity index (χ0n) is 14.0. The minimum Gasteiger partial charge on any atom is -0.487 e. The van der Waals surface area contributed by atoms with Crippen LogP contribution >= 0.6 is 0 Å². The fourth-order valence-corrected chi connectivity index (χ4v) is 3.90. The number of fused-ring (bicyclic) bond motifs is 2. The van der Waals surface area contributed by atoms with E-state index in [9.17, 15) is 0 Å². The van der Waals surface area contributed by atoms with E-state index in [1.807, 2.05) is 6.20 Å². The Bertz CT molecular complexity index is 704. The van der Waals surface area contributed by atoms with Crippen LogP contribution in [0.2, 0.25) is 0 Å². The molecule has 0 saturated carbocycles. The molecule has 2 aliphatic rings. The lowest BCUT2D eigenvalue weighted by atomic mass is 9.98. The van der Waals surface area contributed by atoms with Gasteiger partial charge in [-0.3, -0.25) is 0 Å². The van der Waals surface area contributed by atoms with Crippen LogP contribution in [0.4, 0.5) is 0 Å². The molecule has 0 radical (unpaired) electrons. The fraction of sp³-hybridized carbons (Fsp3) is 0.526. The molecule has 1 N–H and O–H groups in total. The summed E-state index contributed by atoms with van der Waals surface area (Å²) in [6.45, 7) is 7.26. The molecule has 2 aliphatic heterocycles. The van der Waals surface area contributed by atoms with Gasteiger partial charge in [0.1, 0.15) is 17.2 Å². The lowest BCUT2D eigenvalue weighted by molar-refractivity contribution is 0.137. The summed E-state index contributed by atoms with van der Waals surface area (Å²) in [6, 6.07) is 6.51. The molecular weight excluding hydrogens is 286 g/mol. The number of ether oxygens (including phenoxy) is 1. The smallest absolute Gasteiger partial charge is 0.127 e. The van der Waals surface area contributed by atoms with Crippen molar-refractivity contribution in [3.05, 3.63) is 47.5 Å². The normalized spacial score (nSPS) is 21.6. The number of nitrogens with zero attached hydrogens (tertiary/aromatic N) is 2. The Morgan fingerprint density at radius 1 is 1.39 bits per heavy atom. The van der Waals surface area contributed by atoms with Gasteiger partial charge >= 0.3 is 0 Å². The number of para-hydroxylation sites is 1. The van der Waals surface area contributed by atoms with Crippen molar-refractivity contribution in [2.75, 3.05) is 6.54 Å². The Morgan fingerprint density at radius 3 is 3.22 bits per heavy atom. The summed E-state index contributed by atoms with van der Waals surface area (Å²) in [5.41, 5.74) is 2.53. The topological polar surface area (TPSA) is 39.1 Å². The molecule has 0 saturated heterocycles. The molecule has 3 heterocycles. The lowest BCUT2D eigenvalue weighted by Gasteiger charge is -2.24. The number of rotatable bonds is 4. The Balaban J connectivity index is 1.41. The molecule has 4 heteroatoms. The van der Waals surface area contributed by atoms with Gasteiger partial charge in [0.05, 0.1) is 0 Å². The molecule has 0 bridgehead atoms. The Hall–Kier alpha value is -1.81. The Kier molecular flexibility index (Phi) is 3.64. The number of aryl methyl sites for hydroxylation is 1. The molecule has 1 aromatic carbocycles. The van der Waals surface area contributed by atoms with E-state index in [0.29, 0.717) is 5.92 Å². The maximum absolute atomic E-state index is 6.16. The van der Waals surface area contributed by atoms with Gasteiger partial charge in [-0.1, -0.05) is 18.2 Å². The van der Waals surface area contributed by atoms with Gasteiger partial charge in [-0.15, -0.1) is 0 Å². The summed E-state index contributed by atoms with van der Waals surface area (Å²) in [6.07, 6.45) is 7.49. The van der Waals surface area contributed by atoms with E-state index < -0.39 is 0 Å². The van der Waals surface area contributed by atoms with Crippen molar-refractivity contribution in [2.24, 2.45) is 0 Å². The molecule has 2 aromatic rings. The number of hydrogen-bond acceptors (Lipinski definition) is 3. The van der Waals surface area contributed by atoms with Crippen LogP contribution in [0.1, 0.15) is 49.6 Å². The van der Waals surface area contributed by atoms with Gasteiger partial charge in [0.2, 0.25) is 0 Å². The predicted molar refractivity (Wildman–Crippen MR) is 90.8 cm³/mol. The van der Waals surface area contributed by atoms with Crippen molar-refractivity contribution in [1.29, 1.82) is 0 Å². The third kappa shape index (κ3) is 2.88. The summed E-state index contributed by atoms with van der Waals surface area (Å²) >= 11 is 0. The van der Waals surface area contributed by atoms with Crippen LogP contribution in [0.25, 0.3) is 0 Å². The highest BCUT2D eigenvalue weighted by molar-refractivity contribution is 5.45. The van der Waals surface area contributed by atoms with Crippen LogP contribution in [0.15, 0.2) is 30.6 Å². The second-order valence-corrected chi connectivity index (χ2v) is 7.39. The van der Waals surface area contributed by atoms with E-state index in [1.54, 1.807) is 0 Å². The van der Waals surface area contributed by atoms with Crippen LogP contribution < -0.4 is 10.1 Å². The number of aromatic nitrogens is 2. The fourth-order valence-electron chi connectivity index (χ4n) is 3.90. The summed E-state index contributed by atoms with van der Waals surface area (Å²) < 4.78 is 8.45. The summed E-state index contributed by atoms with van der Waals surface area (Å²) in [4.78, 5) is 4.54. The van der Waals surface area contributed by atoms with Gasteiger partial charge in [-0.05, 0) is 32.3 Å². The van der Waals surface area contributed by atoms with Crippen LogP contribution in [0.3, 0.4) is 0 Å². The summed E-state index contributed by atoms with van der Waals surface area (Å²) in [5, 5.41) is 3.63. The number of nitrogens with one attached hydrogen (secondary N) is 1. The third-order valence-corrected chi connectivity index (χ3v) is 4.94. The van der Waals surface area contributed by atoms with Crippen LogP contribution in [-0.4, -0.2) is 21.7 Å². The molecule has 4 rings (SSSR count). The standard InChI is InChI=1S/C19H25N3O/c1-19(2)11-14-5-3-6-15(17(14)23-19)12-20-13-16-7-4-9-22-10-8-21-18(16)22/h3,5-6,8,10,16,20H,4,7,9,11-13H2,1-2H3/t16-/m1/s1. The van der Waals surface area contributed by atoms with Gasteiger partial charge in [-0.25, -0.2) is 4.98 Å². The van der Waals surface area contributed by atoms with E-state index in [0.717, 1.165) is 31.8 Å². The van der Waals surface area contributed by atoms with E-state index in [1.165, 1.54) is 29.8 Å². The first-order valence-electron chi connectivity index (χ1n) is 8.64. The Morgan fingerprint density at radius 2 is 2.30 bits per heavy atom. The van der Waals surface area contributed by atoms with Crippen LogP contribution in [-0.2, 0) is 19.5 Å². The van der Waals surface area contributed by atoms with Crippen molar-refractivity contribution in [1.82, 2.24) is 14.9 Å². The zero-order chi connectivity index (χ0) is 15.9. The first kappa shape index (κ1) is 14.8. The highest BCUT2D eigenvalue weighted by atomic mass is 16.5. The first-order valence-corrected chi connectivity index (χ1v) is 8.64. The monoisotopic (exact) mass is 311 g/mol. The van der Waals surface area contributed by atoms with Crippen LogP contribution in [0.5, 0.6) is 5.75 Å². The Labute approximate surface area is 137 Å². The molecule has 4 nitrogen and oxygen atoms in total. The third-order valence-electron chi connectivity index (χ3n) is 4.94. The van der Waals surface area contributed by atoms with E-state index >= 15 is 0 Å². The minimum atomic E-state index is -0.0768. The van der Waals surface area contributed by atoms with Crippen molar-refractivity contribution in [2.45, 2.75) is 57.7 Å². The van der Waals surface area contributed by atoms with Gasteiger partial charge in [-0.2, -0.15) is 0 Å². The van der Waals surface area contributed by atoms with Crippen molar-refractivity contribution >= 4 is 0 Å². The summed E-state index contributed by atoms with van der Waals surface area (Å²) in [7, 11) is 0.